The molecule has 2 aromatic rings. The number of hydrogen-bond acceptors (Lipinski definition) is 4. The van der Waals surface area contributed by atoms with Gasteiger partial charge in [-0.05, 0) is 57.0 Å². The van der Waals surface area contributed by atoms with Gasteiger partial charge in [0.15, 0.2) is 0 Å². The lowest BCUT2D eigenvalue weighted by Gasteiger charge is -2.38. The monoisotopic (exact) mass is 421 g/mol. The van der Waals surface area contributed by atoms with Gasteiger partial charge in [0, 0.05) is 50.0 Å². The summed E-state index contributed by atoms with van der Waals surface area (Å²) in [7, 11) is 1.83. The highest BCUT2D eigenvalue weighted by Gasteiger charge is 2.31. The van der Waals surface area contributed by atoms with Gasteiger partial charge in [0.1, 0.15) is 5.75 Å². The molecule has 1 amide bonds. The van der Waals surface area contributed by atoms with Crippen molar-refractivity contribution in [2.45, 2.75) is 44.9 Å². The Morgan fingerprint density at radius 1 is 1.13 bits per heavy atom. The molecule has 0 spiro atoms. The van der Waals surface area contributed by atoms with Gasteiger partial charge in [-0.2, -0.15) is 13.2 Å². The van der Waals surface area contributed by atoms with Crippen molar-refractivity contribution < 1.29 is 22.7 Å². The molecule has 1 aromatic carbocycles. The Morgan fingerprint density at radius 2 is 1.77 bits per heavy atom. The number of alkyl halides is 3. The molecule has 0 bridgehead atoms. The first-order chi connectivity index (χ1) is 14.1. The molecule has 3 rings (SSSR count). The normalized spacial score (nSPS) is 16.0. The van der Waals surface area contributed by atoms with Crippen LogP contribution in [-0.2, 0) is 6.18 Å². The first-order valence-electron chi connectivity index (χ1n) is 9.97. The zero-order chi connectivity index (χ0) is 21.9. The number of carbonyl (C=O) groups is 1. The molecule has 0 aliphatic carbocycles. The maximum absolute atomic E-state index is 12.8. The number of pyridine rings is 1. The van der Waals surface area contributed by atoms with Gasteiger partial charge in [-0.3, -0.25) is 4.79 Å². The molecule has 1 aliphatic heterocycles. The van der Waals surface area contributed by atoms with Crippen LogP contribution in [0.15, 0.2) is 42.6 Å². The van der Waals surface area contributed by atoms with Crippen LogP contribution < -0.4 is 4.74 Å². The lowest BCUT2D eigenvalue weighted by molar-refractivity contribution is -0.137. The van der Waals surface area contributed by atoms with E-state index in [0.29, 0.717) is 17.4 Å². The predicted molar refractivity (Wildman–Crippen MR) is 108 cm³/mol. The highest BCUT2D eigenvalue weighted by molar-refractivity contribution is 5.94. The zero-order valence-corrected chi connectivity index (χ0v) is 17.3. The van der Waals surface area contributed by atoms with Gasteiger partial charge < -0.3 is 14.5 Å². The Hall–Kier alpha value is -2.61. The lowest BCUT2D eigenvalue weighted by atomic mass is 10.0. The van der Waals surface area contributed by atoms with E-state index in [1.54, 1.807) is 29.2 Å². The largest absolute Gasteiger partial charge is 0.439 e. The third kappa shape index (κ3) is 5.30. The molecule has 1 aliphatic rings. The summed E-state index contributed by atoms with van der Waals surface area (Å²) in [6.45, 7) is 6.32. The van der Waals surface area contributed by atoms with Crippen LogP contribution >= 0.6 is 0 Å². The Balaban J connectivity index is 1.59. The molecule has 0 atom stereocenters. The molecule has 1 aromatic heterocycles. The second kappa shape index (κ2) is 9.04. The number of hydrogen-bond donors (Lipinski definition) is 0. The summed E-state index contributed by atoms with van der Waals surface area (Å²) >= 11 is 0. The molecule has 0 radical (unpaired) electrons. The number of likely N-dealkylation sites (tertiary alicyclic amines) is 1. The molecule has 5 nitrogen and oxygen atoms in total. The quantitative estimate of drug-likeness (QED) is 0.693. The molecule has 0 unspecified atom stereocenters. The molecule has 1 fully saturated rings. The maximum atomic E-state index is 12.8. The van der Waals surface area contributed by atoms with Crippen LogP contribution in [0.3, 0.4) is 0 Å². The summed E-state index contributed by atoms with van der Waals surface area (Å²) in [6.07, 6.45) is -1.82. The number of ether oxygens (including phenoxy) is 1. The molecule has 30 heavy (non-hydrogen) atoms. The smallest absolute Gasteiger partial charge is 0.417 e. The van der Waals surface area contributed by atoms with Gasteiger partial charge in [-0.25, -0.2) is 4.98 Å². The van der Waals surface area contributed by atoms with Crippen molar-refractivity contribution in [3.05, 3.63) is 53.7 Å². The number of rotatable bonds is 5. The first-order valence-corrected chi connectivity index (χ1v) is 9.97. The van der Waals surface area contributed by atoms with Gasteiger partial charge in [0.2, 0.25) is 5.88 Å². The Kier molecular flexibility index (Phi) is 6.65. The Bertz CT molecular complexity index is 843. The second-order valence-corrected chi connectivity index (χ2v) is 7.79. The summed E-state index contributed by atoms with van der Waals surface area (Å²) in [5, 5.41) is 0. The summed E-state index contributed by atoms with van der Waals surface area (Å²) in [5.74, 6) is 0.389. The molecular formula is C22H26F3N3O2. The fourth-order valence-electron chi connectivity index (χ4n) is 3.55. The van der Waals surface area contributed by atoms with Gasteiger partial charge in [0.05, 0.1) is 5.56 Å². The average Bonchev–Trinajstić information content (AvgIpc) is 2.73. The van der Waals surface area contributed by atoms with E-state index < -0.39 is 11.7 Å². The Morgan fingerprint density at radius 3 is 2.27 bits per heavy atom. The van der Waals surface area contributed by atoms with E-state index in [0.717, 1.165) is 38.2 Å². The molecular weight excluding hydrogens is 395 g/mol. The number of benzene rings is 1. The summed E-state index contributed by atoms with van der Waals surface area (Å²) < 4.78 is 43.3. The van der Waals surface area contributed by atoms with E-state index in [-0.39, 0.29) is 17.8 Å². The summed E-state index contributed by atoms with van der Waals surface area (Å²) in [4.78, 5) is 20.7. The van der Waals surface area contributed by atoms with Gasteiger partial charge in [-0.1, -0.05) is 0 Å². The third-order valence-electron chi connectivity index (χ3n) is 5.48. The van der Waals surface area contributed by atoms with Crippen LogP contribution in [0, 0.1) is 0 Å². The van der Waals surface area contributed by atoms with Crippen LogP contribution in [0.5, 0.6) is 11.6 Å². The van der Waals surface area contributed by atoms with E-state index in [1.165, 1.54) is 6.07 Å². The van der Waals surface area contributed by atoms with Crippen molar-refractivity contribution in [1.29, 1.82) is 0 Å². The second-order valence-electron chi connectivity index (χ2n) is 7.79. The number of nitrogens with zero attached hydrogens (tertiary/aromatic N) is 3. The van der Waals surface area contributed by atoms with E-state index in [9.17, 15) is 18.0 Å². The van der Waals surface area contributed by atoms with Gasteiger partial charge in [0.25, 0.3) is 5.91 Å². The average molecular weight is 421 g/mol. The van der Waals surface area contributed by atoms with Crippen LogP contribution in [0.2, 0.25) is 0 Å². The molecule has 8 heteroatoms. The van der Waals surface area contributed by atoms with Gasteiger partial charge in [-0.15, -0.1) is 0 Å². The van der Waals surface area contributed by atoms with Crippen molar-refractivity contribution in [3.8, 4) is 11.6 Å². The molecule has 2 heterocycles. The number of aromatic nitrogens is 1. The summed E-state index contributed by atoms with van der Waals surface area (Å²) in [5.41, 5.74) is -0.297. The molecule has 0 saturated carbocycles. The van der Waals surface area contributed by atoms with E-state index in [1.807, 2.05) is 7.05 Å². The molecule has 0 N–H and O–H groups in total. The lowest BCUT2D eigenvalue weighted by Crippen LogP contribution is -2.47. The number of amides is 1. The zero-order valence-electron chi connectivity index (χ0n) is 17.3. The fourth-order valence-corrected chi connectivity index (χ4v) is 3.55. The number of halogens is 3. The van der Waals surface area contributed by atoms with Crippen LogP contribution in [0.25, 0.3) is 0 Å². The van der Waals surface area contributed by atoms with Gasteiger partial charge >= 0.3 is 6.18 Å². The minimum Gasteiger partial charge on any atom is -0.439 e. The Labute approximate surface area is 174 Å². The maximum Gasteiger partial charge on any atom is 0.417 e. The topological polar surface area (TPSA) is 45.7 Å². The number of carbonyl (C=O) groups excluding carboxylic acids is 1. The molecule has 162 valence electrons. The van der Waals surface area contributed by atoms with Crippen molar-refractivity contribution in [1.82, 2.24) is 14.8 Å². The van der Waals surface area contributed by atoms with Crippen molar-refractivity contribution >= 4 is 5.91 Å². The van der Waals surface area contributed by atoms with Crippen molar-refractivity contribution in [3.63, 3.8) is 0 Å². The number of piperidine rings is 1. The van der Waals surface area contributed by atoms with Crippen LogP contribution in [0.4, 0.5) is 13.2 Å². The highest BCUT2D eigenvalue weighted by atomic mass is 19.4. The minimum atomic E-state index is -4.44. The third-order valence-corrected chi connectivity index (χ3v) is 5.48. The van der Waals surface area contributed by atoms with Crippen LogP contribution in [-0.4, -0.2) is 52.9 Å². The highest BCUT2D eigenvalue weighted by Crippen LogP contribution is 2.30. The van der Waals surface area contributed by atoms with Crippen LogP contribution in [0.1, 0.15) is 42.6 Å². The summed E-state index contributed by atoms with van der Waals surface area (Å²) in [6, 6.07) is 9.34. The first kappa shape index (κ1) is 22.1. The van der Waals surface area contributed by atoms with Crippen molar-refractivity contribution in [2.75, 3.05) is 20.1 Å². The standard InChI is InChI=1S/C22H26F3N3O2/c1-15(2)28-12-10-18(11-13-28)27(3)21(29)16-4-7-19(8-5-16)30-20-9-6-17(14-26-20)22(23,24)25/h4-9,14-15,18H,10-13H2,1-3H3. The van der Waals surface area contributed by atoms with E-state index >= 15 is 0 Å². The van der Waals surface area contributed by atoms with E-state index in [4.69, 9.17) is 4.74 Å². The minimum absolute atomic E-state index is 0.0520. The molecule has 1 saturated heterocycles. The SMILES string of the molecule is CC(C)N1CCC(N(C)C(=O)c2ccc(Oc3ccc(C(F)(F)F)cn3)cc2)CC1. The van der Waals surface area contributed by atoms with Crippen molar-refractivity contribution in [2.24, 2.45) is 0 Å². The predicted octanol–water partition coefficient (Wildman–Crippen LogP) is 4.84. The van der Waals surface area contributed by atoms with E-state index in [2.05, 4.69) is 23.7 Å². The fraction of sp³-hybridized carbons (Fsp3) is 0.455.